The first-order valence-electron chi connectivity index (χ1n) is 31.5. The van der Waals surface area contributed by atoms with Crippen molar-refractivity contribution in [1.29, 1.82) is 5.26 Å². The highest BCUT2D eigenvalue weighted by molar-refractivity contribution is 6.30. The number of likely N-dealkylation sites (N-methyl/N-ethyl adjacent to an activating group) is 1. The molecule has 4 fully saturated rings. The van der Waals surface area contributed by atoms with E-state index in [2.05, 4.69) is 122 Å². The molecule has 12 N–H and O–H groups in total. The Hall–Kier alpha value is -10.8. The predicted octanol–water partition coefficient (Wildman–Crippen LogP) is 9.05. The number of hydrogen-bond acceptors (Lipinski definition) is 26. The standard InChI is InChI=1S/C22H29N9O.C18H18N4O2.C17H18ClN7O.C5H6ClN3.C5H5ClN2/c1-28-8-10-30(11-9-28)20-16-19(6-7-24-20)31-21(23)26-22(27-31)25-17-2-4-18(5-3-17)29-12-14-32-15-13-29;19-14-20-18(24-17-4-2-1-3-5-17)21-15-6-8-16(9-7-15)22-10-12-23-13-11-22;18-15-11-14(5-6-20-15)25-16(19)22-17(23-25)21-12-1-3-13(4-2-12)24-7-9-26-10-8-24;6-5-3-4(9-7)1-2-8-5;6-5-3-4(7)1-2-8-5/h2-7,16H,8-15H2,1H3,(H3,23,25,26,27);1-9H,10-13H2,(H,20,21);1-6,11H,7-10H2,(H3,19,21,22,23);1-3H,7H2,(H,8,9);1-3H,(H2,7,8). The van der Waals surface area contributed by atoms with Crippen molar-refractivity contribution in [3.05, 3.63) is 192 Å². The zero-order chi connectivity index (χ0) is 69.1. The molecule has 0 radical (unpaired) electrons. The molecule has 514 valence electrons. The predicted molar refractivity (Wildman–Crippen MR) is 390 cm³/mol. The fraction of sp³-hybridized carbons (Fsp3) is 0.254. The molecule has 32 heteroatoms. The second-order valence-electron chi connectivity index (χ2n) is 22.1. The molecule has 0 unspecified atom stereocenters. The number of benzene rings is 4. The van der Waals surface area contributed by atoms with Crippen molar-refractivity contribution >= 4 is 116 Å². The molecular weight excluding hydrogens is 1330 g/mol. The number of nitrogen functional groups attached to an aromatic ring is 4. The van der Waals surface area contributed by atoms with Gasteiger partial charge in [-0.15, -0.1) is 10.2 Å². The van der Waals surface area contributed by atoms with Crippen LogP contribution in [-0.4, -0.2) is 173 Å². The number of aromatic nitrogens is 10. The van der Waals surface area contributed by atoms with E-state index < -0.39 is 0 Å². The Bertz CT molecular complexity index is 4170. The Morgan fingerprint density at radius 2 is 0.949 bits per heavy atom. The van der Waals surface area contributed by atoms with Crippen LogP contribution in [0.25, 0.3) is 11.4 Å². The van der Waals surface area contributed by atoms with Gasteiger partial charge in [0, 0.05) is 136 Å². The lowest BCUT2D eigenvalue weighted by molar-refractivity contribution is 0.122. The number of nitrogens with two attached hydrogens (primary N) is 4. The highest BCUT2D eigenvalue weighted by Crippen LogP contribution is 2.27. The zero-order valence-electron chi connectivity index (χ0n) is 54.2. The van der Waals surface area contributed by atoms with Gasteiger partial charge in [0.2, 0.25) is 23.8 Å². The highest BCUT2D eigenvalue weighted by Gasteiger charge is 2.19. The van der Waals surface area contributed by atoms with Gasteiger partial charge in [0.15, 0.2) is 6.19 Å². The maximum absolute atomic E-state index is 8.87. The Labute approximate surface area is 587 Å². The molecule has 4 aliphatic heterocycles. The number of nitrogens with one attached hydrogen (secondary N) is 4. The molecule has 4 aromatic carbocycles. The number of aliphatic imine (C=N–C) groups is 1. The number of amidine groups is 1. The van der Waals surface area contributed by atoms with Crippen molar-refractivity contribution in [2.75, 3.05) is 165 Å². The first-order valence-corrected chi connectivity index (χ1v) is 32.7. The number of halogens is 3. The van der Waals surface area contributed by atoms with Gasteiger partial charge in [0.1, 0.15) is 27.0 Å². The van der Waals surface area contributed by atoms with Crippen LogP contribution < -0.4 is 68.8 Å². The van der Waals surface area contributed by atoms with Crippen LogP contribution in [0.3, 0.4) is 0 Å². The van der Waals surface area contributed by atoms with Gasteiger partial charge < -0.3 is 76.7 Å². The van der Waals surface area contributed by atoms with Crippen molar-refractivity contribution in [1.82, 2.24) is 59.7 Å². The van der Waals surface area contributed by atoms with Gasteiger partial charge >= 0.3 is 6.02 Å². The molecule has 0 atom stereocenters. The summed E-state index contributed by atoms with van der Waals surface area (Å²) in [5.74, 6) is 8.09. The van der Waals surface area contributed by atoms with Crippen LogP contribution in [0.2, 0.25) is 15.5 Å². The molecule has 10 heterocycles. The fourth-order valence-corrected chi connectivity index (χ4v) is 10.7. The number of morpholine rings is 3. The van der Waals surface area contributed by atoms with Crippen LogP contribution in [0.15, 0.2) is 181 Å². The quantitative estimate of drug-likeness (QED) is 0.0101. The lowest BCUT2D eigenvalue weighted by Gasteiger charge is -2.33. The summed E-state index contributed by atoms with van der Waals surface area (Å²) in [5.41, 5.74) is 28.9. The third-order valence-electron chi connectivity index (χ3n) is 15.2. The minimum Gasteiger partial charge on any atom is -0.425 e. The van der Waals surface area contributed by atoms with Gasteiger partial charge in [-0.3, -0.25) is 5.84 Å². The van der Waals surface area contributed by atoms with Crippen LogP contribution in [-0.2, 0) is 14.2 Å². The third kappa shape index (κ3) is 21.8. The van der Waals surface area contributed by atoms with Crippen molar-refractivity contribution in [3.8, 4) is 23.3 Å². The first-order chi connectivity index (χ1) is 48.3. The van der Waals surface area contributed by atoms with Gasteiger partial charge in [-0.25, -0.2) is 25.3 Å². The molecule has 4 aliphatic rings. The fourth-order valence-electron chi connectivity index (χ4n) is 10.1. The van der Waals surface area contributed by atoms with Crippen LogP contribution in [0.4, 0.5) is 75.1 Å². The lowest BCUT2D eigenvalue weighted by Crippen LogP contribution is -2.44. The van der Waals surface area contributed by atoms with Gasteiger partial charge in [0.25, 0.3) is 0 Å². The smallest absolute Gasteiger partial charge is 0.309 e. The average Bonchev–Trinajstić information content (AvgIpc) is 1.72. The van der Waals surface area contributed by atoms with Crippen LogP contribution >= 0.6 is 34.8 Å². The Morgan fingerprint density at radius 1 is 0.495 bits per heavy atom. The average molecular weight is 1400 g/mol. The summed E-state index contributed by atoms with van der Waals surface area (Å²) < 4.78 is 24.9. The molecule has 14 rings (SSSR count). The summed E-state index contributed by atoms with van der Waals surface area (Å²) in [7, 11) is 2.14. The van der Waals surface area contributed by atoms with Crippen LogP contribution in [0.5, 0.6) is 5.75 Å². The molecular formula is C67H76Cl3N25O4. The number of hydrogen-bond donors (Lipinski definition) is 8. The SMILES string of the molecule is CN1CCN(c2cc(-n3nc(Nc4ccc(N5CCOCC5)cc4)nc3N)ccn2)CC1.N#CNC(=Nc1ccc(N2CCOCC2)cc1)Oc1ccccc1.NNc1ccnc(Cl)c1.Nc1ccnc(Cl)c1.Nc1nc(Nc2ccc(N3CCOCC3)cc2)nn1-c1ccnc(Cl)c1. The largest absolute Gasteiger partial charge is 0.425 e. The molecule has 0 aliphatic carbocycles. The van der Waals surface area contributed by atoms with E-state index >= 15 is 0 Å². The monoisotopic (exact) mass is 1400 g/mol. The van der Waals surface area contributed by atoms with Gasteiger partial charge in [0.05, 0.1) is 62.4 Å². The molecule has 4 saturated heterocycles. The highest BCUT2D eigenvalue weighted by atomic mass is 35.5. The molecule has 0 spiro atoms. The summed E-state index contributed by atoms with van der Waals surface area (Å²) in [4.78, 5) is 40.5. The first kappa shape index (κ1) is 71.0. The van der Waals surface area contributed by atoms with Crippen LogP contribution in [0.1, 0.15) is 0 Å². The number of nitriles is 1. The number of piperazine rings is 1. The van der Waals surface area contributed by atoms with Gasteiger partial charge in [-0.05, 0) is 128 Å². The number of anilines is 12. The Morgan fingerprint density at radius 3 is 1.39 bits per heavy atom. The summed E-state index contributed by atoms with van der Waals surface area (Å²) in [6, 6.07) is 47.5. The number of ether oxygens (including phenoxy) is 4. The van der Waals surface area contributed by atoms with E-state index in [0.717, 1.165) is 139 Å². The van der Waals surface area contributed by atoms with Gasteiger partial charge in [-0.2, -0.15) is 29.6 Å². The minimum atomic E-state index is 0.142. The minimum absolute atomic E-state index is 0.142. The molecule has 0 saturated carbocycles. The van der Waals surface area contributed by atoms with Crippen molar-refractivity contribution in [2.45, 2.75) is 0 Å². The normalized spacial score (nSPS) is 14.6. The van der Waals surface area contributed by atoms with E-state index in [4.69, 9.17) is 82.1 Å². The number of para-hydroxylation sites is 1. The lowest BCUT2D eigenvalue weighted by atomic mass is 10.2. The summed E-state index contributed by atoms with van der Waals surface area (Å²) >= 11 is 16.9. The van der Waals surface area contributed by atoms with Crippen molar-refractivity contribution in [3.63, 3.8) is 0 Å². The van der Waals surface area contributed by atoms with E-state index in [0.29, 0.717) is 56.1 Å². The molecule has 99 heavy (non-hydrogen) atoms. The van der Waals surface area contributed by atoms with E-state index in [1.54, 1.807) is 78.0 Å². The van der Waals surface area contributed by atoms with E-state index in [9.17, 15) is 0 Å². The number of pyridine rings is 4. The van der Waals surface area contributed by atoms with Crippen molar-refractivity contribution < 1.29 is 18.9 Å². The Balaban J connectivity index is 0.000000144. The number of hydrazine groups is 1. The van der Waals surface area contributed by atoms with E-state index in [1.807, 2.05) is 85.1 Å². The molecule has 0 amide bonds. The Kier molecular flexibility index (Phi) is 26.2. The van der Waals surface area contributed by atoms with E-state index in [1.165, 1.54) is 16.1 Å². The van der Waals surface area contributed by atoms with E-state index in [-0.39, 0.29) is 12.0 Å². The van der Waals surface area contributed by atoms with Crippen LogP contribution in [0, 0.1) is 11.5 Å². The summed E-state index contributed by atoms with van der Waals surface area (Å²) in [6.07, 6.45) is 8.38. The topological polar surface area (TPSA) is 354 Å². The second-order valence-corrected chi connectivity index (χ2v) is 23.2. The molecule has 6 aromatic heterocycles. The maximum Gasteiger partial charge on any atom is 0.309 e. The number of nitrogens with zero attached hydrogens (tertiary/aromatic N) is 17. The number of rotatable bonds is 13. The van der Waals surface area contributed by atoms with Crippen molar-refractivity contribution in [2.24, 2.45) is 10.8 Å². The molecule has 29 nitrogen and oxygen atoms in total. The summed E-state index contributed by atoms with van der Waals surface area (Å²) in [6.45, 7) is 13.9. The second kappa shape index (κ2) is 36.5. The molecule has 0 bridgehead atoms. The van der Waals surface area contributed by atoms with Gasteiger partial charge in [-0.1, -0.05) is 53.0 Å². The summed E-state index contributed by atoms with van der Waals surface area (Å²) in [5, 5.41) is 27.9. The maximum atomic E-state index is 8.87. The zero-order valence-corrected chi connectivity index (χ0v) is 56.5. The molecule has 10 aromatic rings. The third-order valence-corrected chi connectivity index (χ3v) is 15.9.